The molecule has 8 heteroatoms. The minimum absolute atomic E-state index is 0.00789. The highest BCUT2D eigenvalue weighted by Crippen LogP contribution is 2.34. The molecule has 29 heavy (non-hydrogen) atoms. The third-order valence-corrected chi connectivity index (χ3v) is 6.87. The number of carbonyl (C=O) groups excluding carboxylic acids is 1. The van der Waals surface area contributed by atoms with Crippen molar-refractivity contribution in [3.05, 3.63) is 48.3 Å². The van der Waals surface area contributed by atoms with E-state index in [4.69, 9.17) is 0 Å². The second kappa shape index (κ2) is 8.92. The molecule has 0 aromatic heterocycles. The van der Waals surface area contributed by atoms with Crippen molar-refractivity contribution in [1.82, 2.24) is 5.32 Å². The lowest BCUT2D eigenvalue weighted by Crippen LogP contribution is -2.31. The van der Waals surface area contributed by atoms with Crippen molar-refractivity contribution in [2.75, 3.05) is 42.5 Å². The van der Waals surface area contributed by atoms with Crippen molar-refractivity contribution in [3.63, 3.8) is 0 Å². The Bertz CT molecular complexity index is 969. The van der Waals surface area contributed by atoms with E-state index in [2.05, 4.69) is 10.2 Å². The molecule has 0 bridgehead atoms. The van der Waals surface area contributed by atoms with E-state index in [1.807, 2.05) is 0 Å². The van der Waals surface area contributed by atoms with E-state index in [-0.39, 0.29) is 15.7 Å². The maximum Gasteiger partial charge on any atom is 0.223 e. The van der Waals surface area contributed by atoms with Gasteiger partial charge in [0.05, 0.1) is 15.5 Å². The van der Waals surface area contributed by atoms with E-state index in [1.165, 1.54) is 24.0 Å². The van der Waals surface area contributed by atoms with Crippen molar-refractivity contribution < 1.29 is 17.6 Å². The fourth-order valence-corrected chi connectivity index (χ4v) is 4.99. The van der Waals surface area contributed by atoms with Gasteiger partial charge in [0.2, 0.25) is 15.7 Å². The van der Waals surface area contributed by atoms with E-state index in [9.17, 15) is 17.6 Å². The zero-order valence-corrected chi connectivity index (χ0v) is 17.5. The lowest BCUT2D eigenvalue weighted by molar-refractivity contribution is -0.116. The number of sulfone groups is 1. The Labute approximate surface area is 171 Å². The number of hydrogen-bond acceptors (Lipinski definition) is 5. The molecule has 1 N–H and O–H groups in total. The molecule has 0 unspecified atom stereocenters. The Hall–Kier alpha value is -2.45. The van der Waals surface area contributed by atoms with E-state index >= 15 is 0 Å². The first-order valence-corrected chi connectivity index (χ1v) is 11.2. The lowest BCUT2D eigenvalue weighted by atomic mass is 10.2. The number of hydrogen-bond donors (Lipinski definition) is 1. The third kappa shape index (κ3) is 4.59. The van der Waals surface area contributed by atoms with Gasteiger partial charge in [-0.15, -0.1) is 0 Å². The fraction of sp³-hybridized carbons (Fsp3) is 0.381. The molecule has 1 aliphatic rings. The summed E-state index contributed by atoms with van der Waals surface area (Å²) in [5, 5.41) is 3.34. The average Bonchev–Trinajstić information content (AvgIpc) is 2.98. The van der Waals surface area contributed by atoms with Crippen LogP contribution < -0.4 is 15.1 Å². The SMILES string of the molecule is CCN(C(C)=O)c1cc(N2CCCNCC2)ccc1S(=O)(=O)c1ccc(F)cc1. The van der Waals surface area contributed by atoms with Crippen molar-refractivity contribution in [3.8, 4) is 0 Å². The van der Waals surface area contributed by atoms with E-state index in [0.717, 1.165) is 50.4 Å². The Morgan fingerprint density at radius 2 is 1.86 bits per heavy atom. The molecule has 1 heterocycles. The molecule has 6 nitrogen and oxygen atoms in total. The van der Waals surface area contributed by atoms with Crippen molar-refractivity contribution in [2.24, 2.45) is 0 Å². The molecule has 1 aliphatic heterocycles. The van der Waals surface area contributed by atoms with E-state index < -0.39 is 15.7 Å². The van der Waals surface area contributed by atoms with Crippen LogP contribution in [0.25, 0.3) is 0 Å². The summed E-state index contributed by atoms with van der Waals surface area (Å²) in [5.74, 6) is -0.744. The van der Waals surface area contributed by atoms with Gasteiger partial charge in [-0.25, -0.2) is 12.8 Å². The van der Waals surface area contributed by atoms with Gasteiger partial charge in [0.1, 0.15) is 5.82 Å². The number of halogens is 1. The van der Waals surface area contributed by atoms with Gasteiger partial charge >= 0.3 is 0 Å². The Kier molecular flexibility index (Phi) is 6.54. The van der Waals surface area contributed by atoms with Gasteiger partial charge < -0.3 is 15.1 Å². The summed E-state index contributed by atoms with van der Waals surface area (Å²) >= 11 is 0. The molecular weight excluding hydrogens is 393 g/mol. The van der Waals surface area contributed by atoms with Crippen LogP contribution in [0.4, 0.5) is 15.8 Å². The molecule has 1 saturated heterocycles. The third-order valence-electron chi connectivity index (χ3n) is 5.05. The lowest BCUT2D eigenvalue weighted by Gasteiger charge is -2.27. The summed E-state index contributed by atoms with van der Waals surface area (Å²) < 4.78 is 39.8. The molecule has 2 aromatic carbocycles. The highest BCUT2D eigenvalue weighted by Gasteiger charge is 2.26. The van der Waals surface area contributed by atoms with Crippen LogP contribution in [0.5, 0.6) is 0 Å². The molecule has 0 saturated carbocycles. The predicted molar refractivity (Wildman–Crippen MR) is 112 cm³/mol. The van der Waals surface area contributed by atoms with Crippen molar-refractivity contribution in [2.45, 2.75) is 30.1 Å². The second-order valence-corrected chi connectivity index (χ2v) is 8.88. The number of carbonyl (C=O) groups is 1. The highest BCUT2D eigenvalue weighted by molar-refractivity contribution is 7.91. The molecule has 0 spiro atoms. The number of rotatable bonds is 5. The van der Waals surface area contributed by atoms with Crippen LogP contribution in [0.15, 0.2) is 52.3 Å². The Balaban J connectivity index is 2.12. The summed E-state index contributed by atoms with van der Waals surface area (Å²) in [7, 11) is -3.92. The molecule has 1 amide bonds. The number of nitrogens with zero attached hydrogens (tertiary/aromatic N) is 2. The molecule has 0 radical (unpaired) electrons. The number of benzene rings is 2. The summed E-state index contributed by atoms with van der Waals surface area (Å²) in [6.07, 6.45) is 0.981. The monoisotopic (exact) mass is 419 g/mol. The minimum atomic E-state index is -3.92. The minimum Gasteiger partial charge on any atom is -0.370 e. The smallest absolute Gasteiger partial charge is 0.223 e. The van der Waals surface area contributed by atoms with E-state index in [0.29, 0.717) is 12.2 Å². The first kappa shape index (κ1) is 21.3. The number of amides is 1. The van der Waals surface area contributed by atoms with Crippen LogP contribution in [-0.4, -0.2) is 47.0 Å². The zero-order valence-electron chi connectivity index (χ0n) is 16.7. The largest absolute Gasteiger partial charge is 0.370 e. The topological polar surface area (TPSA) is 69.7 Å². The maximum absolute atomic E-state index is 13.3. The van der Waals surface area contributed by atoms with Gasteiger partial charge in [-0.2, -0.15) is 0 Å². The second-order valence-electron chi connectivity index (χ2n) is 6.96. The van der Waals surface area contributed by atoms with Gasteiger partial charge in [-0.1, -0.05) is 0 Å². The van der Waals surface area contributed by atoms with Crippen LogP contribution in [0.2, 0.25) is 0 Å². The first-order chi connectivity index (χ1) is 13.8. The summed E-state index contributed by atoms with van der Waals surface area (Å²) in [5.41, 5.74) is 1.22. The predicted octanol–water partition coefficient (Wildman–Crippen LogP) is 2.83. The van der Waals surface area contributed by atoms with Crippen molar-refractivity contribution in [1.29, 1.82) is 0 Å². The molecule has 2 aromatic rings. The first-order valence-electron chi connectivity index (χ1n) is 9.73. The molecule has 156 valence electrons. The quantitative estimate of drug-likeness (QED) is 0.755. The molecule has 1 fully saturated rings. The molecule has 0 atom stereocenters. The standard InChI is InChI=1S/C21H26FN3O3S/c1-3-25(16(2)26)20-15-18(24-13-4-11-23-12-14-24)7-10-21(20)29(27,28)19-8-5-17(22)6-9-19/h5-10,15,23H,3-4,11-14H2,1-2H3. The van der Waals surface area contributed by atoms with Gasteiger partial charge in [-0.05, 0) is 62.4 Å². The van der Waals surface area contributed by atoms with Crippen LogP contribution in [0.1, 0.15) is 20.3 Å². The molecule has 0 aliphatic carbocycles. The van der Waals surface area contributed by atoms with Gasteiger partial charge in [0.25, 0.3) is 0 Å². The van der Waals surface area contributed by atoms with E-state index in [1.54, 1.807) is 25.1 Å². The summed E-state index contributed by atoms with van der Waals surface area (Å²) in [4.78, 5) is 15.9. The zero-order chi connectivity index (χ0) is 21.0. The summed E-state index contributed by atoms with van der Waals surface area (Å²) in [6.45, 7) is 6.99. The number of anilines is 2. The Morgan fingerprint density at radius 3 is 2.52 bits per heavy atom. The van der Waals surface area contributed by atoms with Gasteiger partial charge in [0, 0.05) is 38.8 Å². The van der Waals surface area contributed by atoms with Crippen LogP contribution >= 0.6 is 0 Å². The fourth-order valence-electron chi connectivity index (χ4n) is 3.55. The normalized spacial score (nSPS) is 15.1. The molecular formula is C21H26FN3O3S. The molecule has 3 rings (SSSR count). The van der Waals surface area contributed by atoms with Gasteiger partial charge in [-0.3, -0.25) is 4.79 Å². The Morgan fingerprint density at radius 1 is 1.14 bits per heavy atom. The number of nitrogens with one attached hydrogen (secondary N) is 1. The average molecular weight is 420 g/mol. The van der Waals surface area contributed by atoms with Crippen molar-refractivity contribution >= 4 is 27.1 Å². The highest BCUT2D eigenvalue weighted by atomic mass is 32.2. The van der Waals surface area contributed by atoms with Crippen LogP contribution in [0.3, 0.4) is 0 Å². The van der Waals surface area contributed by atoms with Crippen LogP contribution in [0, 0.1) is 5.82 Å². The van der Waals surface area contributed by atoms with Gasteiger partial charge in [0.15, 0.2) is 0 Å². The van der Waals surface area contributed by atoms with Crippen LogP contribution in [-0.2, 0) is 14.6 Å². The summed E-state index contributed by atoms with van der Waals surface area (Å²) in [6, 6.07) is 9.82. The maximum atomic E-state index is 13.3.